The molecule has 60 valence electrons. The van der Waals surface area contributed by atoms with E-state index in [1.165, 1.54) is 12.4 Å². The molecular formula is C8H7N3O. The fourth-order valence-electron chi connectivity index (χ4n) is 0.676. The highest BCUT2D eigenvalue weighted by Gasteiger charge is 1.99. The first-order valence-corrected chi connectivity index (χ1v) is 3.28. The monoisotopic (exact) mass is 161 g/mol. The third kappa shape index (κ3) is 2.06. The zero-order chi connectivity index (χ0) is 8.97. The highest BCUT2D eigenvalue weighted by Crippen LogP contribution is 1.93. The summed E-state index contributed by atoms with van der Waals surface area (Å²) in [5.74, 6) is 2.30. The van der Waals surface area contributed by atoms with Gasteiger partial charge in [-0.15, -0.1) is 6.42 Å². The van der Waals surface area contributed by atoms with Crippen LogP contribution in [-0.4, -0.2) is 15.9 Å². The number of hydrogen-bond acceptors (Lipinski definition) is 3. The summed E-state index contributed by atoms with van der Waals surface area (Å²) in [5.41, 5.74) is 5.52. The van der Waals surface area contributed by atoms with Gasteiger partial charge in [-0.25, -0.2) is 9.97 Å². The maximum absolute atomic E-state index is 10.4. The molecule has 1 rings (SSSR count). The van der Waals surface area contributed by atoms with Crippen LogP contribution in [0.1, 0.15) is 11.4 Å². The fourth-order valence-corrected chi connectivity index (χ4v) is 0.676. The second kappa shape index (κ2) is 3.49. The van der Waals surface area contributed by atoms with Crippen LogP contribution in [0.3, 0.4) is 0 Å². The highest BCUT2D eigenvalue weighted by molar-refractivity contribution is 5.75. The summed E-state index contributed by atoms with van der Waals surface area (Å²) in [6, 6.07) is 0. The van der Waals surface area contributed by atoms with Gasteiger partial charge in [-0.1, -0.05) is 5.92 Å². The summed E-state index contributed by atoms with van der Waals surface area (Å²) >= 11 is 0. The van der Waals surface area contributed by atoms with Crippen molar-refractivity contribution in [2.75, 3.05) is 0 Å². The van der Waals surface area contributed by atoms with Crippen molar-refractivity contribution in [3.8, 4) is 12.3 Å². The summed E-state index contributed by atoms with van der Waals surface area (Å²) in [5, 5.41) is 0. The molecule has 0 atom stereocenters. The van der Waals surface area contributed by atoms with Crippen molar-refractivity contribution in [1.82, 2.24) is 9.97 Å². The van der Waals surface area contributed by atoms with E-state index in [1.54, 1.807) is 0 Å². The number of primary amides is 1. The van der Waals surface area contributed by atoms with Crippen LogP contribution in [0.5, 0.6) is 0 Å². The zero-order valence-electron chi connectivity index (χ0n) is 6.32. The Morgan fingerprint density at radius 1 is 1.58 bits per heavy atom. The standard InChI is InChI=1S/C8H7N3O/c1-2-6-4-10-8(11-5-6)3-7(9)12/h1,4-5H,3H2,(H2,9,12). The fraction of sp³-hybridized carbons (Fsp3) is 0.125. The van der Waals surface area contributed by atoms with E-state index < -0.39 is 5.91 Å². The maximum atomic E-state index is 10.4. The van der Waals surface area contributed by atoms with E-state index in [1.807, 2.05) is 0 Å². The van der Waals surface area contributed by atoms with Crippen molar-refractivity contribution >= 4 is 5.91 Å². The number of carbonyl (C=O) groups excluding carboxylic acids is 1. The Kier molecular flexibility index (Phi) is 2.38. The van der Waals surface area contributed by atoms with Crippen LogP contribution in [0.2, 0.25) is 0 Å². The lowest BCUT2D eigenvalue weighted by Crippen LogP contribution is -2.15. The molecule has 0 aliphatic rings. The first-order chi connectivity index (χ1) is 5.72. The minimum absolute atomic E-state index is 0.0465. The number of carbonyl (C=O) groups is 1. The summed E-state index contributed by atoms with van der Waals surface area (Å²) in [4.78, 5) is 18.1. The van der Waals surface area contributed by atoms with E-state index in [0.717, 1.165) is 0 Å². The quantitative estimate of drug-likeness (QED) is 0.594. The van der Waals surface area contributed by atoms with Crippen molar-refractivity contribution in [2.45, 2.75) is 6.42 Å². The number of rotatable bonds is 2. The van der Waals surface area contributed by atoms with Gasteiger partial charge in [-0.2, -0.15) is 0 Å². The van der Waals surface area contributed by atoms with Crippen LogP contribution in [-0.2, 0) is 11.2 Å². The van der Waals surface area contributed by atoms with Gasteiger partial charge in [0.25, 0.3) is 0 Å². The summed E-state index contributed by atoms with van der Waals surface area (Å²) in [6.45, 7) is 0. The molecule has 0 spiro atoms. The van der Waals surface area contributed by atoms with Gasteiger partial charge in [-0.3, -0.25) is 4.79 Å². The van der Waals surface area contributed by atoms with E-state index >= 15 is 0 Å². The number of aromatic nitrogens is 2. The molecule has 12 heavy (non-hydrogen) atoms. The molecule has 2 N–H and O–H groups in total. The largest absolute Gasteiger partial charge is 0.369 e. The Morgan fingerprint density at radius 3 is 2.58 bits per heavy atom. The van der Waals surface area contributed by atoms with Crippen LogP contribution in [0.25, 0.3) is 0 Å². The van der Waals surface area contributed by atoms with E-state index in [9.17, 15) is 4.79 Å². The van der Waals surface area contributed by atoms with E-state index in [2.05, 4.69) is 15.9 Å². The summed E-state index contributed by atoms with van der Waals surface area (Å²) in [6.07, 6.45) is 8.08. The molecule has 0 fully saturated rings. The molecule has 1 aromatic rings. The predicted octanol–water partition coefficient (Wildman–Crippen LogP) is -0.514. The molecule has 0 aromatic carbocycles. The lowest BCUT2D eigenvalue weighted by molar-refractivity contribution is -0.117. The van der Waals surface area contributed by atoms with Crippen LogP contribution < -0.4 is 5.73 Å². The molecule has 4 heteroatoms. The molecule has 1 amide bonds. The molecule has 0 radical (unpaired) electrons. The van der Waals surface area contributed by atoms with Gasteiger partial charge in [-0.05, 0) is 0 Å². The molecule has 0 saturated carbocycles. The molecule has 0 unspecified atom stereocenters. The number of terminal acetylenes is 1. The van der Waals surface area contributed by atoms with Crippen LogP contribution in [0.4, 0.5) is 0 Å². The second-order valence-corrected chi connectivity index (χ2v) is 2.18. The van der Waals surface area contributed by atoms with Gasteiger partial charge in [0.1, 0.15) is 5.82 Å². The van der Waals surface area contributed by atoms with Gasteiger partial charge >= 0.3 is 0 Å². The van der Waals surface area contributed by atoms with Gasteiger partial charge in [0.15, 0.2) is 0 Å². The number of hydrogen-bond donors (Lipinski definition) is 1. The van der Waals surface area contributed by atoms with Crippen molar-refractivity contribution in [1.29, 1.82) is 0 Å². The van der Waals surface area contributed by atoms with Crippen molar-refractivity contribution < 1.29 is 4.79 Å². The molecule has 1 aromatic heterocycles. The Labute approximate surface area is 69.8 Å². The lowest BCUT2D eigenvalue weighted by Gasteiger charge is -1.94. The normalized spacial score (nSPS) is 8.92. The van der Waals surface area contributed by atoms with Gasteiger partial charge < -0.3 is 5.73 Å². The minimum atomic E-state index is -0.455. The minimum Gasteiger partial charge on any atom is -0.369 e. The second-order valence-electron chi connectivity index (χ2n) is 2.18. The molecule has 4 nitrogen and oxygen atoms in total. The Balaban J connectivity index is 2.80. The van der Waals surface area contributed by atoms with Crippen LogP contribution in [0.15, 0.2) is 12.4 Å². The first-order valence-electron chi connectivity index (χ1n) is 3.28. The Hall–Kier alpha value is -1.89. The topological polar surface area (TPSA) is 68.9 Å². The maximum Gasteiger partial charge on any atom is 0.225 e. The van der Waals surface area contributed by atoms with Crippen LogP contribution >= 0.6 is 0 Å². The first kappa shape index (κ1) is 8.21. The molecule has 1 heterocycles. The van der Waals surface area contributed by atoms with Gasteiger partial charge in [0.05, 0.1) is 12.0 Å². The van der Waals surface area contributed by atoms with Gasteiger partial charge in [0, 0.05) is 12.4 Å². The summed E-state index contributed by atoms with van der Waals surface area (Å²) in [7, 11) is 0. The Morgan fingerprint density at radius 2 is 2.17 bits per heavy atom. The SMILES string of the molecule is C#Cc1cnc(CC(N)=O)nc1. The van der Waals surface area contributed by atoms with Crippen molar-refractivity contribution in [2.24, 2.45) is 5.73 Å². The average molecular weight is 161 g/mol. The van der Waals surface area contributed by atoms with E-state index in [4.69, 9.17) is 12.2 Å². The lowest BCUT2D eigenvalue weighted by atomic mass is 10.3. The van der Waals surface area contributed by atoms with Crippen molar-refractivity contribution in [3.05, 3.63) is 23.8 Å². The van der Waals surface area contributed by atoms with Crippen molar-refractivity contribution in [3.63, 3.8) is 0 Å². The van der Waals surface area contributed by atoms with E-state index in [-0.39, 0.29) is 6.42 Å². The summed E-state index contributed by atoms with van der Waals surface area (Å²) < 4.78 is 0. The molecule has 0 bridgehead atoms. The third-order valence-corrected chi connectivity index (χ3v) is 1.20. The number of amides is 1. The zero-order valence-corrected chi connectivity index (χ0v) is 6.32. The predicted molar refractivity (Wildman–Crippen MR) is 42.9 cm³/mol. The van der Waals surface area contributed by atoms with E-state index in [0.29, 0.717) is 11.4 Å². The molecule has 0 aliphatic carbocycles. The number of nitrogens with two attached hydrogens (primary N) is 1. The number of nitrogens with zero attached hydrogens (tertiary/aromatic N) is 2. The smallest absolute Gasteiger partial charge is 0.225 e. The molecule has 0 saturated heterocycles. The molecular weight excluding hydrogens is 154 g/mol. The Bertz CT molecular complexity index is 323. The molecule has 0 aliphatic heterocycles. The van der Waals surface area contributed by atoms with Crippen LogP contribution in [0, 0.1) is 12.3 Å². The third-order valence-electron chi connectivity index (χ3n) is 1.20. The highest BCUT2D eigenvalue weighted by atomic mass is 16.1. The van der Waals surface area contributed by atoms with Gasteiger partial charge in [0.2, 0.25) is 5.91 Å². The average Bonchev–Trinajstić information content (AvgIpc) is 2.05.